The Kier molecular flexibility index (Phi) is 6.63. The second-order valence-corrected chi connectivity index (χ2v) is 13.7. The monoisotopic (exact) mass is 641 g/mol. The zero-order valence-corrected chi connectivity index (χ0v) is 27.5. The third kappa shape index (κ3) is 4.42. The van der Waals surface area contributed by atoms with E-state index in [0.717, 1.165) is 22.8 Å². The largest absolute Gasteiger partial charge is 0.457 e. The van der Waals surface area contributed by atoms with E-state index < -0.39 is 0 Å². The summed E-state index contributed by atoms with van der Waals surface area (Å²) in [6.45, 7) is 0. The van der Waals surface area contributed by atoms with E-state index in [1.54, 1.807) is 0 Å². The minimum atomic E-state index is -0.355. The second-order valence-electron chi connectivity index (χ2n) is 13.7. The molecule has 2 nitrogen and oxygen atoms in total. The molecule has 0 amide bonds. The molecule has 0 aromatic heterocycles. The van der Waals surface area contributed by atoms with Gasteiger partial charge in [0.2, 0.25) is 0 Å². The van der Waals surface area contributed by atoms with Crippen LogP contribution in [0.15, 0.2) is 188 Å². The highest BCUT2D eigenvalue weighted by Gasteiger charge is 2.56. The number of allylic oxidation sites excluding steroid dienone is 6. The molecule has 6 aromatic carbocycles. The summed E-state index contributed by atoms with van der Waals surface area (Å²) < 4.78 is 6.68. The maximum absolute atomic E-state index is 6.68. The fourth-order valence-corrected chi connectivity index (χ4v) is 8.84. The highest BCUT2D eigenvalue weighted by atomic mass is 16.5. The van der Waals surface area contributed by atoms with Crippen molar-refractivity contribution in [3.8, 4) is 22.6 Å². The van der Waals surface area contributed by atoms with Crippen molar-refractivity contribution in [1.29, 1.82) is 0 Å². The number of ether oxygens (including phenoxy) is 1. The van der Waals surface area contributed by atoms with Gasteiger partial charge < -0.3 is 10.1 Å². The molecule has 50 heavy (non-hydrogen) atoms. The molecule has 1 spiro atoms. The Morgan fingerprint density at radius 2 is 1.18 bits per heavy atom. The fraction of sp³-hybridized carbons (Fsp3) is 0.0833. The molecule has 238 valence electrons. The molecule has 4 unspecified atom stereocenters. The zero-order valence-electron chi connectivity index (χ0n) is 27.5. The van der Waals surface area contributed by atoms with Crippen LogP contribution in [-0.2, 0) is 5.41 Å². The Morgan fingerprint density at radius 3 is 2.02 bits per heavy atom. The molecule has 0 saturated heterocycles. The summed E-state index contributed by atoms with van der Waals surface area (Å²) in [4.78, 5) is 0. The van der Waals surface area contributed by atoms with Crippen molar-refractivity contribution in [1.82, 2.24) is 5.32 Å². The van der Waals surface area contributed by atoms with E-state index in [2.05, 4.69) is 193 Å². The lowest BCUT2D eigenvalue weighted by Gasteiger charge is -2.43. The Balaban J connectivity index is 1.06. The van der Waals surface area contributed by atoms with Gasteiger partial charge in [0, 0.05) is 28.7 Å². The van der Waals surface area contributed by atoms with Crippen molar-refractivity contribution in [2.45, 2.75) is 17.4 Å². The van der Waals surface area contributed by atoms with Crippen LogP contribution in [0.1, 0.15) is 50.9 Å². The molecule has 4 atom stereocenters. The second kappa shape index (κ2) is 11.5. The van der Waals surface area contributed by atoms with E-state index in [-0.39, 0.29) is 17.4 Å². The summed E-state index contributed by atoms with van der Waals surface area (Å²) in [6.07, 6.45) is 13.8. The van der Waals surface area contributed by atoms with Gasteiger partial charge >= 0.3 is 0 Å². The van der Waals surface area contributed by atoms with Crippen molar-refractivity contribution >= 4 is 11.3 Å². The van der Waals surface area contributed by atoms with Gasteiger partial charge in [-0.05, 0) is 74.9 Å². The maximum atomic E-state index is 6.68. The van der Waals surface area contributed by atoms with E-state index >= 15 is 0 Å². The summed E-state index contributed by atoms with van der Waals surface area (Å²) in [6, 6.07) is 54.9. The van der Waals surface area contributed by atoms with Crippen LogP contribution in [0.2, 0.25) is 0 Å². The van der Waals surface area contributed by atoms with Gasteiger partial charge in [0.25, 0.3) is 0 Å². The van der Waals surface area contributed by atoms with E-state index in [0.29, 0.717) is 5.92 Å². The highest BCUT2D eigenvalue weighted by Crippen LogP contribution is 2.64. The molecule has 1 N–H and O–H groups in total. The van der Waals surface area contributed by atoms with E-state index in [4.69, 9.17) is 4.74 Å². The summed E-state index contributed by atoms with van der Waals surface area (Å²) >= 11 is 0. The minimum Gasteiger partial charge on any atom is -0.457 e. The number of para-hydroxylation sites is 1. The number of benzene rings is 6. The number of dihydropyridines is 1. The Morgan fingerprint density at radius 1 is 0.520 bits per heavy atom. The first-order valence-electron chi connectivity index (χ1n) is 17.5. The number of fused-ring (bicyclic) bond motifs is 9. The molecule has 6 aromatic rings. The van der Waals surface area contributed by atoms with Crippen molar-refractivity contribution < 1.29 is 4.74 Å². The predicted octanol–water partition coefficient (Wildman–Crippen LogP) is 11.4. The Labute approximate surface area is 293 Å². The Hall–Kier alpha value is -6.12. The molecule has 2 heteroatoms. The van der Waals surface area contributed by atoms with Gasteiger partial charge in [0.1, 0.15) is 11.5 Å². The minimum absolute atomic E-state index is 0.0765. The first-order chi connectivity index (χ1) is 24.8. The number of hydrogen-bond donors (Lipinski definition) is 1. The molecule has 0 saturated carbocycles. The van der Waals surface area contributed by atoms with Gasteiger partial charge in [-0.15, -0.1) is 0 Å². The van der Waals surface area contributed by atoms with Crippen LogP contribution in [0.4, 0.5) is 0 Å². The van der Waals surface area contributed by atoms with Crippen LogP contribution in [0.5, 0.6) is 11.5 Å². The summed E-state index contributed by atoms with van der Waals surface area (Å²) in [5.74, 6) is 2.44. The molecule has 10 rings (SSSR count). The molecule has 0 radical (unpaired) electrons. The maximum Gasteiger partial charge on any atom is 0.131 e. The van der Waals surface area contributed by atoms with Crippen LogP contribution in [-0.4, -0.2) is 0 Å². The van der Waals surface area contributed by atoms with Gasteiger partial charge in [0.05, 0.1) is 11.5 Å². The van der Waals surface area contributed by atoms with Crippen molar-refractivity contribution in [2.24, 2.45) is 5.92 Å². The lowest BCUT2D eigenvalue weighted by molar-refractivity contribution is 0.374. The van der Waals surface area contributed by atoms with Gasteiger partial charge in [-0.1, -0.05) is 158 Å². The first kappa shape index (κ1) is 28.9. The number of rotatable bonds is 4. The molecule has 4 aliphatic rings. The average molecular weight is 642 g/mol. The van der Waals surface area contributed by atoms with Crippen LogP contribution < -0.4 is 10.1 Å². The summed E-state index contributed by atoms with van der Waals surface area (Å²) in [5, 5.41) is 3.82. The topological polar surface area (TPSA) is 21.3 Å². The first-order valence-corrected chi connectivity index (χ1v) is 17.5. The normalized spacial score (nSPS) is 22.3. The van der Waals surface area contributed by atoms with E-state index in [1.807, 2.05) is 0 Å². The molecular weight excluding hydrogens is 607 g/mol. The van der Waals surface area contributed by atoms with E-state index in [9.17, 15) is 0 Å². The van der Waals surface area contributed by atoms with Gasteiger partial charge in [-0.2, -0.15) is 0 Å². The highest BCUT2D eigenvalue weighted by molar-refractivity contribution is 5.86. The smallest absolute Gasteiger partial charge is 0.131 e. The molecule has 0 bridgehead atoms. The quantitative estimate of drug-likeness (QED) is 0.207. The average Bonchev–Trinajstić information content (AvgIpc) is 3.49. The third-order valence-corrected chi connectivity index (χ3v) is 11.1. The SMILES string of the molecule is C1=CC2c3ccccc3C3(c4ccccc4Oc4ccc(-c5ccc(C6=CC(c7ccccc7)=CC(c7ccccc7)N6)cc5)cc43)C2C=C1. The lowest BCUT2D eigenvalue weighted by Crippen LogP contribution is -2.37. The van der Waals surface area contributed by atoms with Crippen molar-refractivity contribution in [3.63, 3.8) is 0 Å². The molecule has 2 aliphatic carbocycles. The number of hydrogen-bond acceptors (Lipinski definition) is 2. The Bertz CT molecular complexity index is 2380. The standard InChI is InChI=1S/C48H35NO/c1-3-13-32(14-4-1)37-30-44(34-15-5-2-6-16-34)49-45(31-37)35-25-23-33(24-26-35)36-27-28-47-43(29-36)48(42-21-11-12-22-46(42)50-47)40-19-9-7-17-38(40)39-18-8-10-20-41(39)48/h1-31,38,40,44,49H. The predicted molar refractivity (Wildman–Crippen MR) is 204 cm³/mol. The van der Waals surface area contributed by atoms with Crippen molar-refractivity contribution in [2.75, 3.05) is 0 Å². The van der Waals surface area contributed by atoms with Crippen molar-refractivity contribution in [3.05, 3.63) is 227 Å². The fourth-order valence-electron chi connectivity index (χ4n) is 8.84. The molecule has 0 fully saturated rings. The van der Waals surface area contributed by atoms with Gasteiger partial charge in [-0.25, -0.2) is 0 Å². The summed E-state index contributed by atoms with van der Waals surface area (Å²) in [7, 11) is 0. The molecule has 2 heterocycles. The van der Waals surface area contributed by atoms with Crippen LogP contribution in [0.25, 0.3) is 22.4 Å². The van der Waals surface area contributed by atoms with Crippen LogP contribution >= 0.6 is 0 Å². The van der Waals surface area contributed by atoms with Crippen LogP contribution in [0, 0.1) is 5.92 Å². The zero-order chi connectivity index (χ0) is 33.1. The third-order valence-electron chi connectivity index (χ3n) is 11.1. The van der Waals surface area contributed by atoms with Gasteiger partial charge in [0.15, 0.2) is 0 Å². The molecular formula is C48H35NO. The molecule has 2 aliphatic heterocycles. The van der Waals surface area contributed by atoms with E-state index in [1.165, 1.54) is 50.1 Å². The number of nitrogens with one attached hydrogen (secondary N) is 1. The van der Waals surface area contributed by atoms with Crippen LogP contribution in [0.3, 0.4) is 0 Å². The van der Waals surface area contributed by atoms with Gasteiger partial charge in [-0.3, -0.25) is 0 Å². The summed E-state index contributed by atoms with van der Waals surface area (Å²) in [5.41, 5.74) is 13.2. The lowest BCUT2D eigenvalue weighted by atomic mass is 9.61.